The molecular weight excluding hydrogens is 438 g/mol. The van der Waals surface area contributed by atoms with Crippen LogP contribution in [0.25, 0.3) is 11.6 Å². The summed E-state index contributed by atoms with van der Waals surface area (Å²) in [6, 6.07) is 9.68. The van der Waals surface area contributed by atoms with Gasteiger partial charge in [0.1, 0.15) is 5.57 Å². The number of allylic oxidation sites excluding steroid dienone is 1. The van der Waals surface area contributed by atoms with Crippen LogP contribution in [-0.2, 0) is 9.59 Å². The van der Waals surface area contributed by atoms with Gasteiger partial charge in [-0.3, -0.25) is 14.9 Å². The number of carbonyl (C=O) groups is 3. The van der Waals surface area contributed by atoms with Crippen LogP contribution >= 0.6 is 11.6 Å². The number of hydrogen-bond donors (Lipinski definition) is 1. The minimum Gasteiger partial charge on any atom is -0.363 e. The van der Waals surface area contributed by atoms with Crippen LogP contribution in [0.5, 0.6) is 0 Å². The summed E-state index contributed by atoms with van der Waals surface area (Å²) in [5.74, 6) is -1.41. The van der Waals surface area contributed by atoms with Crippen LogP contribution in [0, 0.1) is 6.92 Å². The Bertz CT molecular complexity index is 1260. The monoisotopic (exact) mass is 463 g/mol. The van der Waals surface area contributed by atoms with Crippen LogP contribution in [0.3, 0.4) is 0 Å². The summed E-state index contributed by atoms with van der Waals surface area (Å²) >= 11 is 6.04. The van der Waals surface area contributed by atoms with Crippen molar-refractivity contribution in [2.24, 2.45) is 0 Å². The van der Waals surface area contributed by atoms with Gasteiger partial charge in [-0.05, 0) is 87.7 Å². The van der Waals surface area contributed by atoms with Gasteiger partial charge in [-0.1, -0.05) is 23.7 Å². The maximum atomic E-state index is 13.2. The molecule has 1 saturated heterocycles. The topological polar surface area (TPSA) is 69.7 Å². The molecule has 0 radical (unpaired) electrons. The van der Waals surface area contributed by atoms with E-state index in [-0.39, 0.29) is 11.1 Å². The Morgan fingerprint density at radius 2 is 1.82 bits per heavy atom. The molecule has 2 heterocycles. The first-order valence-electron chi connectivity index (χ1n) is 10.8. The third-order valence-electron chi connectivity index (χ3n) is 6.15. The average molecular weight is 464 g/mol. The first-order valence-corrected chi connectivity index (χ1v) is 11.2. The normalized spacial score (nSPS) is 18.9. The Hall–Kier alpha value is -3.38. The summed E-state index contributed by atoms with van der Waals surface area (Å²) in [6.45, 7) is 11.4. The molecule has 4 amide bonds. The van der Waals surface area contributed by atoms with Gasteiger partial charge >= 0.3 is 6.03 Å². The summed E-state index contributed by atoms with van der Waals surface area (Å²) in [6.07, 6.45) is 3.78. The number of fused-ring (bicyclic) bond motifs is 1. The lowest BCUT2D eigenvalue weighted by Crippen LogP contribution is -2.54. The van der Waals surface area contributed by atoms with E-state index in [0.29, 0.717) is 10.7 Å². The molecule has 0 bridgehead atoms. The molecule has 0 atom stereocenters. The fraction of sp³-hybridized carbons (Fsp3) is 0.269. The molecule has 0 spiro atoms. The van der Waals surface area contributed by atoms with Gasteiger partial charge in [0.15, 0.2) is 0 Å². The zero-order valence-corrected chi connectivity index (χ0v) is 20.1. The van der Waals surface area contributed by atoms with Gasteiger partial charge in [0.05, 0.1) is 11.2 Å². The molecule has 2 aromatic carbocycles. The van der Waals surface area contributed by atoms with E-state index in [1.807, 2.05) is 13.0 Å². The van der Waals surface area contributed by atoms with E-state index in [9.17, 15) is 14.4 Å². The molecule has 2 aromatic rings. The van der Waals surface area contributed by atoms with Crippen molar-refractivity contribution in [3.63, 3.8) is 0 Å². The summed E-state index contributed by atoms with van der Waals surface area (Å²) in [4.78, 5) is 41.5. The number of carbonyl (C=O) groups excluding carboxylic acids is 3. The van der Waals surface area contributed by atoms with E-state index < -0.39 is 17.8 Å². The zero-order valence-electron chi connectivity index (χ0n) is 19.3. The van der Waals surface area contributed by atoms with Crippen LogP contribution in [0.2, 0.25) is 5.02 Å². The Morgan fingerprint density at radius 3 is 2.48 bits per heavy atom. The van der Waals surface area contributed by atoms with Gasteiger partial charge in [-0.15, -0.1) is 0 Å². The number of nitrogens with zero attached hydrogens (tertiary/aromatic N) is 2. The minimum absolute atomic E-state index is 0.109. The van der Waals surface area contributed by atoms with E-state index in [0.717, 1.165) is 39.4 Å². The molecule has 4 rings (SSSR count). The van der Waals surface area contributed by atoms with Crippen molar-refractivity contribution in [2.45, 2.75) is 40.2 Å². The Balaban J connectivity index is 1.80. The number of nitrogens with one attached hydrogen (secondary N) is 1. The Labute approximate surface area is 198 Å². The highest BCUT2D eigenvalue weighted by Crippen LogP contribution is 2.40. The minimum atomic E-state index is -0.800. The summed E-state index contributed by atoms with van der Waals surface area (Å²) in [7, 11) is 0. The Morgan fingerprint density at radius 1 is 1.09 bits per heavy atom. The first-order chi connectivity index (χ1) is 15.5. The van der Waals surface area contributed by atoms with Crippen LogP contribution in [-0.4, -0.2) is 29.9 Å². The third-order valence-corrected chi connectivity index (χ3v) is 6.38. The smallest absolute Gasteiger partial charge is 0.335 e. The second-order valence-corrected chi connectivity index (χ2v) is 9.33. The average Bonchev–Trinajstić information content (AvgIpc) is 2.71. The zero-order chi connectivity index (χ0) is 24.1. The van der Waals surface area contributed by atoms with Crippen LogP contribution in [0.1, 0.15) is 44.4 Å². The fourth-order valence-electron chi connectivity index (χ4n) is 4.64. The standard InChI is InChI=1S/C26H26ClN3O3/c1-6-29-22-10-15(2)17(11-20(22)16(3)14-26(29,4)5)12-21-23(31)28-25(33)30(24(21)32)19-9-7-8-18(27)13-19/h7-14H,6H2,1-5H3,(H,28,31,33)/b21-12-. The number of halogens is 1. The number of urea groups is 1. The molecule has 1 N–H and O–H groups in total. The molecule has 2 aliphatic rings. The highest BCUT2D eigenvalue weighted by atomic mass is 35.5. The van der Waals surface area contributed by atoms with Crippen LogP contribution < -0.4 is 15.1 Å². The molecule has 170 valence electrons. The number of barbiturate groups is 1. The summed E-state index contributed by atoms with van der Waals surface area (Å²) in [5, 5.41) is 2.64. The lowest BCUT2D eigenvalue weighted by Gasteiger charge is -2.43. The van der Waals surface area contributed by atoms with Gasteiger partial charge < -0.3 is 4.90 Å². The lowest BCUT2D eigenvalue weighted by molar-refractivity contribution is -0.122. The highest BCUT2D eigenvalue weighted by Gasteiger charge is 2.37. The quantitative estimate of drug-likeness (QED) is 0.493. The molecule has 6 nitrogen and oxygen atoms in total. The van der Waals surface area contributed by atoms with Crippen LogP contribution in [0.4, 0.5) is 16.2 Å². The number of imide groups is 2. The number of hydrogen-bond acceptors (Lipinski definition) is 4. The number of anilines is 2. The maximum absolute atomic E-state index is 13.2. The molecule has 0 aliphatic carbocycles. The SMILES string of the molecule is CCN1c2cc(C)c(/C=C3/C(=O)NC(=O)N(c4cccc(Cl)c4)C3=O)cc2C(C)=CC1(C)C. The number of benzene rings is 2. The van der Waals surface area contributed by atoms with Crippen molar-refractivity contribution in [3.8, 4) is 0 Å². The summed E-state index contributed by atoms with van der Waals surface area (Å²) < 4.78 is 0. The van der Waals surface area contributed by atoms with Crippen molar-refractivity contribution < 1.29 is 14.4 Å². The number of amides is 4. The van der Waals surface area contributed by atoms with Crippen molar-refractivity contribution in [3.05, 3.63) is 69.8 Å². The largest absolute Gasteiger partial charge is 0.363 e. The molecule has 0 aromatic heterocycles. The predicted molar refractivity (Wildman–Crippen MR) is 132 cm³/mol. The number of rotatable bonds is 3. The number of aryl methyl sites for hydroxylation is 1. The first kappa shape index (κ1) is 22.8. The molecule has 7 heteroatoms. The van der Waals surface area contributed by atoms with Crippen molar-refractivity contribution in [2.75, 3.05) is 16.3 Å². The molecule has 0 unspecified atom stereocenters. The molecule has 0 saturated carbocycles. The van der Waals surface area contributed by atoms with E-state index in [2.05, 4.69) is 50.1 Å². The third kappa shape index (κ3) is 3.95. The van der Waals surface area contributed by atoms with Crippen molar-refractivity contribution in [1.82, 2.24) is 5.32 Å². The second kappa shape index (κ2) is 8.19. The molecular formula is C26H26ClN3O3. The number of likely N-dealkylation sites (N-methyl/N-ethyl adjacent to an activating group) is 1. The second-order valence-electron chi connectivity index (χ2n) is 8.89. The van der Waals surface area contributed by atoms with E-state index in [4.69, 9.17) is 11.6 Å². The van der Waals surface area contributed by atoms with Crippen molar-refractivity contribution in [1.29, 1.82) is 0 Å². The van der Waals surface area contributed by atoms with E-state index in [1.165, 1.54) is 6.07 Å². The summed E-state index contributed by atoms with van der Waals surface area (Å²) in [5.41, 5.74) is 5.06. The highest BCUT2D eigenvalue weighted by molar-refractivity contribution is 6.39. The molecule has 1 fully saturated rings. The van der Waals surface area contributed by atoms with Crippen LogP contribution in [0.15, 0.2) is 48.0 Å². The molecule has 33 heavy (non-hydrogen) atoms. The van der Waals surface area contributed by atoms with Gasteiger partial charge in [-0.2, -0.15) is 0 Å². The van der Waals surface area contributed by atoms with E-state index in [1.54, 1.807) is 24.3 Å². The van der Waals surface area contributed by atoms with E-state index >= 15 is 0 Å². The maximum Gasteiger partial charge on any atom is 0.335 e. The van der Waals surface area contributed by atoms with Crippen molar-refractivity contribution >= 4 is 52.5 Å². The van der Waals surface area contributed by atoms with Gasteiger partial charge in [0.2, 0.25) is 0 Å². The van der Waals surface area contributed by atoms with Gasteiger partial charge in [-0.25, -0.2) is 9.69 Å². The predicted octanol–water partition coefficient (Wildman–Crippen LogP) is 5.34. The molecule has 2 aliphatic heterocycles. The van der Waals surface area contributed by atoms with Gasteiger partial charge in [0.25, 0.3) is 11.8 Å². The fourth-order valence-corrected chi connectivity index (χ4v) is 4.83. The Kier molecular flexibility index (Phi) is 5.66. The van der Waals surface area contributed by atoms with Gasteiger partial charge in [0, 0.05) is 22.8 Å². The lowest BCUT2D eigenvalue weighted by atomic mass is 9.86.